The molecule has 1 aromatic rings. The minimum atomic E-state index is 0.166. The quantitative estimate of drug-likeness (QED) is 0.388. The van der Waals surface area contributed by atoms with Gasteiger partial charge < -0.3 is 5.73 Å². The number of rotatable bonds is 5. The van der Waals surface area contributed by atoms with E-state index in [2.05, 4.69) is 50.2 Å². The van der Waals surface area contributed by atoms with Crippen LogP contribution in [0.1, 0.15) is 58.1 Å². The first-order chi connectivity index (χ1) is 10.4. The van der Waals surface area contributed by atoms with Crippen LogP contribution >= 0.6 is 0 Å². The molecule has 0 aromatic heterocycles. The van der Waals surface area contributed by atoms with Crippen LogP contribution in [0.15, 0.2) is 29.4 Å². The van der Waals surface area contributed by atoms with Crippen LogP contribution in [-0.2, 0) is 21.9 Å². The minimum Gasteiger partial charge on any atom is -0.328 e. The number of nitrogens with two attached hydrogens (primary N) is 1. The molecule has 2 atom stereocenters. The normalized spacial score (nSPS) is 22.9. The van der Waals surface area contributed by atoms with Crippen molar-refractivity contribution in [1.82, 2.24) is 0 Å². The molecule has 4 nitrogen and oxygen atoms in total. The highest BCUT2D eigenvalue weighted by Gasteiger charge is 2.24. The van der Waals surface area contributed by atoms with E-state index in [1.54, 1.807) is 0 Å². The lowest BCUT2D eigenvalue weighted by atomic mass is 9.87. The van der Waals surface area contributed by atoms with Crippen molar-refractivity contribution in [3.05, 3.63) is 35.4 Å². The van der Waals surface area contributed by atoms with Crippen LogP contribution in [0.5, 0.6) is 0 Å². The molecule has 0 saturated heterocycles. The van der Waals surface area contributed by atoms with E-state index < -0.39 is 0 Å². The van der Waals surface area contributed by atoms with Gasteiger partial charge in [0.2, 0.25) is 0 Å². The predicted molar refractivity (Wildman–Crippen MR) is 89.4 cm³/mol. The molecule has 0 bridgehead atoms. The van der Waals surface area contributed by atoms with Crippen LogP contribution in [0.2, 0.25) is 0 Å². The van der Waals surface area contributed by atoms with Gasteiger partial charge in [0, 0.05) is 12.0 Å². The summed E-state index contributed by atoms with van der Waals surface area (Å²) in [5, 5.41) is 4.05. The average molecular weight is 304 g/mol. The molecule has 2 N–H and O–H groups in total. The second-order valence-corrected chi connectivity index (χ2v) is 7.29. The van der Waals surface area contributed by atoms with E-state index in [-0.39, 0.29) is 5.41 Å². The van der Waals surface area contributed by atoms with Crippen LogP contribution in [0.25, 0.3) is 0 Å². The van der Waals surface area contributed by atoms with Crippen molar-refractivity contribution in [3.8, 4) is 0 Å². The van der Waals surface area contributed by atoms with E-state index in [9.17, 15) is 0 Å². The summed E-state index contributed by atoms with van der Waals surface area (Å²) in [6, 6.07) is 8.70. The monoisotopic (exact) mass is 304 g/mol. The lowest BCUT2D eigenvalue weighted by Gasteiger charge is -2.18. The molecule has 1 aromatic carbocycles. The fraction of sp³-hybridized carbons (Fsp3) is 0.611. The molecule has 0 amide bonds. The van der Waals surface area contributed by atoms with Crippen LogP contribution in [0.4, 0.5) is 0 Å². The van der Waals surface area contributed by atoms with Gasteiger partial charge >= 0.3 is 0 Å². The zero-order valence-corrected chi connectivity index (χ0v) is 14.1. The second kappa shape index (κ2) is 7.25. The van der Waals surface area contributed by atoms with Gasteiger partial charge in [-0.25, -0.2) is 4.99 Å². The van der Waals surface area contributed by atoms with Gasteiger partial charge in [-0.1, -0.05) is 50.2 Å². The fourth-order valence-electron chi connectivity index (χ4n) is 2.75. The van der Waals surface area contributed by atoms with Crippen LogP contribution < -0.4 is 5.73 Å². The fourth-order valence-corrected chi connectivity index (χ4v) is 2.75. The Morgan fingerprint density at radius 1 is 1.23 bits per heavy atom. The first kappa shape index (κ1) is 17.0. The SMILES string of the molecule is C/C(=N\OOCc1ccc(C(C)(C)C)cc1)[C@H]1CC[C@@H](N)C1. The van der Waals surface area contributed by atoms with Crippen molar-refractivity contribution in [3.63, 3.8) is 0 Å². The zero-order valence-electron chi connectivity index (χ0n) is 14.1. The maximum atomic E-state index is 5.91. The summed E-state index contributed by atoms with van der Waals surface area (Å²) in [5.41, 5.74) is 9.43. The van der Waals surface area contributed by atoms with Crippen molar-refractivity contribution in [2.45, 2.75) is 65.0 Å². The van der Waals surface area contributed by atoms with Crippen molar-refractivity contribution < 1.29 is 9.88 Å². The van der Waals surface area contributed by atoms with E-state index in [1.807, 2.05) is 6.92 Å². The molecule has 1 aliphatic rings. The highest BCUT2D eigenvalue weighted by Crippen LogP contribution is 2.25. The van der Waals surface area contributed by atoms with E-state index in [4.69, 9.17) is 15.6 Å². The Hall–Kier alpha value is -1.39. The minimum absolute atomic E-state index is 0.166. The van der Waals surface area contributed by atoms with Crippen molar-refractivity contribution in [2.24, 2.45) is 16.8 Å². The summed E-state index contributed by atoms with van der Waals surface area (Å²) in [4.78, 5) is 10.2. The molecule has 0 spiro atoms. The summed E-state index contributed by atoms with van der Waals surface area (Å²) in [7, 11) is 0. The van der Waals surface area contributed by atoms with Crippen molar-refractivity contribution in [1.29, 1.82) is 0 Å². The van der Waals surface area contributed by atoms with Gasteiger partial charge in [-0.05, 0) is 42.7 Å². The Morgan fingerprint density at radius 2 is 1.91 bits per heavy atom. The molecule has 0 unspecified atom stereocenters. The molecule has 0 aliphatic heterocycles. The van der Waals surface area contributed by atoms with Gasteiger partial charge in [-0.2, -0.15) is 4.89 Å². The highest BCUT2D eigenvalue weighted by molar-refractivity contribution is 5.84. The van der Waals surface area contributed by atoms with E-state index >= 15 is 0 Å². The zero-order chi connectivity index (χ0) is 16.2. The number of hydrogen-bond donors (Lipinski definition) is 1. The van der Waals surface area contributed by atoms with Crippen LogP contribution in [0, 0.1) is 5.92 Å². The molecule has 0 heterocycles. The Labute approximate surface area is 133 Å². The van der Waals surface area contributed by atoms with Gasteiger partial charge in [0.05, 0.1) is 5.71 Å². The molecular weight excluding hydrogens is 276 g/mol. The largest absolute Gasteiger partial charge is 0.328 e. The standard InChI is InChI=1S/C18H28N2O2/c1-13(15-7-10-17(19)11-15)20-22-21-12-14-5-8-16(9-6-14)18(2,3)4/h5-6,8-9,15,17H,7,10-12,19H2,1-4H3/b20-13+/t15-,17+/m0/s1. The number of hydrogen-bond acceptors (Lipinski definition) is 4. The number of benzene rings is 1. The average Bonchev–Trinajstić information content (AvgIpc) is 2.89. The van der Waals surface area contributed by atoms with Gasteiger partial charge in [0.25, 0.3) is 0 Å². The van der Waals surface area contributed by atoms with Gasteiger partial charge in [0.1, 0.15) is 6.61 Å². The smallest absolute Gasteiger partial charge is 0.122 e. The molecule has 4 heteroatoms. The molecule has 1 aliphatic carbocycles. The molecule has 1 saturated carbocycles. The van der Waals surface area contributed by atoms with Crippen molar-refractivity contribution >= 4 is 5.71 Å². The third kappa shape index (κ3) is 4.82. The molecule has 1 fully saturated rings. The maximum Gasteiger partial charge on any atom is 0.122 e. The molecule has 22 heavy (non-hydrogen) atoms. The first-order valence-corrected chi connectivity index (χ1v) is 8.04. The maximum absolute atomic E-state index is 5.91. The topological polar surface area (TPSA) is 56.8 Å². The second-order valence-electron chi connectivity index (χ2n) is 7.29. The van der Waals surface area contributed by atoms with E-state index in [0.29, 0.717) is 18.6 Å². The predicted octanol–water partition coefficient (Wildman–Crippen LogP) is 3.94. The summed E-state index contributed by atoms with van der Waals surface area (Å²) in [6.45, 7) is 8.98. The van der Waals surface area contributed by atoms with Gasteiger partial charge in [-0.15, -0.1) is 0 Å². The Bertz CT molecular complexity index is 503. The first-order valence-electron chi connectivity index (χ1n) is 8.04. The van der Waals surface area contributed by atoms with Gasteiger partial charge in [-0.3, -0.25) is 0 Å². The lowest BCUT2D eigenvalue weighted by molar-refractivity contribution is -0.305. The molecule has 0 radical (unpaired) electrons. The third-order valence-corrected chi connectivity index (χ3v) is 4.34. The Balaban J connectivity index is 1.76. The third-order valence-electron chi connectivity index (χ3n) is 4.34. The Morgan fingerprint density at radius 3 is 2.45 bits per heavy atom. The van der Waals surface area contributed by atoms with Crippen LogP contribution in [0.3, 0.4) is 0 Å². The lowest BCUT2D eigenvalue weighted by Crippen LogP contribution is -2.17. The van der Waals surface area contributed by atoms with E-state index in [0.717, 1.165) is 30.5 Å². The molecule has 2 rings (SSSR count). The van der Waals surface area contributed by atoms with Crippen LogP contribution in [-0.4, -0.2) is 11.8 Å². The molecular formula is C18H28N2O2. The highest BCUT2D eigenvalue weighted by atomic mass is 17.3. The van der Waals surface area contributed by atoms with Crippen molar-refractivity contribution in [2.75, 3.05) is 0 Å². The molecule has 122 valence electrons. The van der Waals surface area contributed by atoms with E-state index in [1.165, 1.54) is 5.56 Å². The number of oxime groups is 1. The Kier molecular flexibility index (Phi) is 5.59. The summed E-state index contributed by atoms with van der Waals surface area (Å²) >= 11 is 0. The van der Waals surface area contributed by atoms with Gasteiger partial charge in [0.15, 0.2) is 0 Å². The summed E-state index contributed by atoms with van der Waals surface area (Å²) in [6.07, 6.45) is 3.15. The summed E-state index contributed by atoms with van der Waals surface area (Å²) < 4.78 is 0. The summed E-state index contributed by atoms with van der Waals surface area (Å²) in [5.74, 6) is 0.435. The number of nitrogens with zero attached hydrogens (tertiary/aromatic N) is 1.